The van der Waals surface area contributed by atoms with Crippen LogP contribution in [0.1, 0.15) is 12.5 Å². The number of halogens is 2. The molecule has 0 heterocycles. The van der Waals surface area contributed by atoms with E-state index in [1.165, 1.54) is 7.11 Å². The number of carbonyl (C=O) groups excluding carboxylic acids is 1. The Balaban J connectivity index is 2.73. The van der Waals surface area contributed by atoms with Crippen LogP contribution in [-0.2, 0) is 9.53 Å². The summed E-state index contributed by atoms with van der Waals surface area (Å²) in [5.41, 5.74) is 2.11. The predicted octanol–water partition coefficient (Wildman–Crippen LogP) is 3.74. The summed E-state index contributed by atoms with van der Waals surface area (Å²) in [6, 6.07) is 4.05. The number of methoxy groups -OCH3 is 1. The van der Waals surface area contributed by atoms with Crippen molar-refractivity contribution in [1.29, 1.82) is 0 Å². The van der Waals surface area contributed by atoms with Crippen LogP contribution in [0.25, 0.3) is 0 Å². The molecule has 0 fully saturated rings. The molecule has 1 atom stereocenters. The largest absolute Gasteiger partial charge is 0.469 e. The van der Waals surface area contributed by atoms with Crippen molar-refractivity contribution < 1.29 is 9.53 Å². The first-order chi connectivity index (χ1) is 7.95. The van der Waals surface area contributed by atoms with E-state index in [4.69, 9.17) is 0 Å². The van der Waals surface area contributed by atoms with Gasteiger partial charge in [-0.2, -0.15) is 0 Å². The normalized spacial score (nSPS) is 12.1. The first kappa shape index (κ1) is 14.5. The van der Waals surface area contributed by atoms with E-state index in [2.05, 4.69) is 41.9 Å². The van der Waals surface area contributed by atoms with Crippen LogP contribution in [0.3, 0.4) is 0 Å². The first-order valence-corrected chi connectivity index (χ1v) is 6.81. The Morgan fingerprint density at radius 2 is 1.94 bits per heavy atom. The molecule has 0 saturated heterocycles. The lowest BCUT2D eigenvalue weighted by atomic mass is 10.1. The summed E-state index contributed by atoms with van der Waals surface area (Å²) in [6.07, 6.45) is 0. The van der Waals surface area contributed by atoms with Crippen LogP contribution in [0, 0.1) is 12.8 Å². The molecule has 1 unspecified atom stereocenters. The van der Waals surface area contributed by atoms with Crippen LogP contribution in [0.5, 0.6) is 0 Å². The summed E-state index contributed by atoms with van der Waals surface area (Å²) >= 11 is 6.99. The minimum atomic E-state index is -0.211. The van der Waals surface area contributed by atoms with E-state index in [0.29, 0.717) is 6.54 Å². The van der Waals surface area contributed by atoms with Crippen molar-refractivity contribution in [3.63, 3.8) is 0 Å². The maximum absolute atomic E-state index is 11.3. The smallest absolute Gasteiger partial charge is 0.310 e. The molecular weight excluding hydrogens is 350 g/mol. The van der Waals surface area contributed by atoms with E-state index in [1.54, 1.807) is 0 Å². The zero-order chi connectivity index (χ0) is 13.0. The van der Waals surface area contributed by atoms with E-state index >= 15 is 0 Å². The van der Waals surface area contributed by atoms with Crippen molar-refractivity contribution in [1.82, 2.24) is 0 Å². The number of rotatable bonds is 4. The van der Waals surface area contributed by atoms with E-state index in [-0.39, 0.29) is 11.9 Å². The molecule has 0 aliphatic carbocycles. The maximum atomic E-state index is 11.3. The number of esters is 1. The molecule has 1 N–H and O–H groups in total. The molecule has 0 aromatic heterocycles. The van der Waals surface area contributed by atoms with Crippen LogP contribution in [0.4, 0.5) is 5.69 Å². The molecule has 1 aromatic rings. The van der Waals surface area contributed by atoms with Gasteiger partial charge in [0.05, 0.1) is 18.7 Å². The fraction of sp³-hybridized carbons (Fsp3) is 0.417. The van der Waals surface area contributed by atoms with Gasteiger partial charge < -0.3 is 10.1 Å². The summed E-state index contributed by atoms with van der Waals surface area (Å²) in [7, 11) is 1.40. The first-order valence-electron chi connectivity index (χ1n) is 5.23. The van der Waals surface area contributed by atoms with Crippen LogP contribution >= 0.6 is 31.9 Å². The number of carbonyl (C=O) groups is 1. The number of benzene rings is 1. The van der Waals surface area contributed by atoms with Crippen LogP contribution < -0.4 is 5.32 Å². The fourth-order valence-corrected chi connectivity index (χ4v) is 3.10. The standard InChI is InChI=1S/C12H15Br2NO2/c1-7-4-9(13)11(10(14)5-7)15-6-8(2)12(16)17-3/h4-5,8,15H,6H2,1-3H3. The Kier molecular flexibility index (Phi) is 5.46. The Morgan fingerprint density at radius 3 is 2.41 bits per heavy atom. The molecule has 0 amide bonds. The predicted molar refractivity (Wildman–Crippen MR) is 76.2 cm³/mol. The maximum Gasteiger partial charge on any atom is 0.310 e. The Morgan fingerprint density at radius 1 is 1.41 bits per heavy atom. The quantitative estimate of drug-likeness (QED) is 0.827. The molecule has 0 aliphatic heterocycles. The van der Waals surface area contributed by atoms with Gasteiger partial charge in [0, 0.05) is 15.5 Å². The molecule has 0 bridgehead atoms. The zero-order valence-electron chi connectivity index (χ0n) is 10.0. The van der Waals surface area contributed by atoms with Crippen molar-refractivity contribution in [3.8, 4) is 0 Å². The van der Waals surface area contributed by atoms with E-state index in [0.717, 1.165) is 20.2 Å². The van der Waals surface area contributed by atoms with Crippen LogP contribution in [0.2, 0.25) is 0 Å². The summed E-state index contributed by atoms with van der Waals surface area (Å²) in [4.78, 5) is 11.3. The number of anilines is 1. The highest BCUT2D eigenvalue weighted by Gasteiger charge is 2.14. The lowest BCUT2D eigenvalue weighted by Gasteiger charge is -2.14. The van der Waals surface area contributed by atoms with Gasteiger partial charge in [-0.15, -0.1) is 0 Å². The van der Waals surface area contributed by atoms with Gasteiger partial charge in [0.25, 0.3) is 0 Å². The third-order valence-corrected chi connectivity index (χ3v) is 3.63. The molecule has 94 valence electrons. The molecule has 1 rings (SSSR count). The average Bonchev–Trinajstić information content (AvgIpc) is 2.26. The van der Waals surface area contributed by atoms with Gasteiger partial charge in [0.15, 0.2) is 0 Å². The van der Waals surface area contributed by atoms with E-state index in [9.17, 15) is 4.79 Å². The number of ether oxygens (including phenoxy) is 1. The van der Waals surface area contributed by atoms with Gasteiger partial charge in [0.1, 0.15) is 0 Å². The second-order valence-corrected chi connectivity index (χ2v) is 5.62. The molecule has 3 nitrogen and oxygen atoms in total. The van der Waals surface area contributed by atoms with Crippen molar-refractivity contribution in [2.24, 2.45) is 5.92 Å². The van der Waals surface area contributed by atoms with Crippen molar-refractivity contribution in [3.05, 3.63) is 26.6 Å². The second-order valence-electron chi connectivity index (χ2n) is 3.91. The molecule has 0 aliphatic rings. The zero-order valence-corrected chi connectivity index (χ0v) is 13.2. The van der Waals surface area contributed by atoms with Gasteiger partial charge >= 0.3 is 5.97 Å². The topological polar surface area (TPSA) is 38.3 Å². The Labute approximate surface area is 118 Å². The van der Waals surface area contributed by atoms with E-state index in [1.807, 2.05) is 26.0 Å². The monoisotopic (exact) mass is 363 g/mol. The second kappa shape index (κ2) is 6.40. The van der Waals surface area contributed by atoms with Crippen molar-refractivity contribution >= 4 is 43.5 Å². The number of hydrogen-bond acceptors (Lipinski definition) is 3. The minimum Gasteiger partial charge on any atom is -0.469 e. The van der Waals surface area contributed by atoms with Crippen LogP contribution in [-0.4, -0.2) is 19.6 Å². The lowest BCUT2D eigenvalue weighted by Crippen LogP contribution is -2.21. The van der Waals surface area contributed by atoms with Gasteiger partial charge in [-0.1, -0.05) is 6.92 Å². The highest BCUT2D eigenvalue weighted by Crippen LogP contribution is 2.32. The Hall–Kier alpha value is -0.550. The lowest BCUT2D eigenvalue weighted by molar-refractivity contribution is -0.144. The van der Waals surface area contributed by atoms with Gasteiger partial charge in [0.2, 0.25) is 0 Å². The molecule has 1 aromatic carbocycles. The molecule has 17 heavy (non-hydrogen) atoms. The highest BCUT2D eigenvalue weighted by molar-refractivity contribution is 9.11. The van der Waals surface area contributed by atoms with Gasteiger partial charge in [-0.25, -0.2) is 0 Å². The van der Waals surface area contributed by atoms with Gasteiger partial charge in [-0.05, 0) is 56.5 Å². The molecule has 0 saturated carbocycles. The molecule has 5 heteroatoms. The number of nitrogens with one attached hydrogen (secondary N) is 1. The highest BCUT2D eigenvalue weighted by atomic mass is 79.9. The number of hydrogen-bond donors (Lipinski definition) is 1. The summed E-state index contributed by atoms with van der Waals surface area (Å²) in [6.45, 7) is 4.39. The molecule has 0 spiro atoms. The molecular formula is C12H15Br2NO2. The summed E-state index contributed by atoms with van der Waals surface area (Å²) in [5.74, 6) is -0.392. The van der Waals surface area contributed by atoms with Crippen molar-refractivity contribution in [2.75, 3.05) is 19.0 Å². The van der Waals surface area contributed by atoms with Crippen molar-refractivity contribution in [2.45, 2.75) is 13.8 Å². The summed E-state index contributed by atoms with van der Waals surface area (Å²) in [5, 5.41) is 3.23. The fourth-order valence-electron chi connectivity index (χ4n) is 1.41. The average molecular weight is 365 g/mol. The summed E-state index contributed by atoms with van der Waals surface area (Å²) < 4.78 is 6.62. The number of aryl methyl sites for hydroxylation is 1. The molecule has 0 radical (unpaired) electrons. The third-order valence-electron chi connectivity index (χ3n) is 2.38. The van der Waals surface area contributed by atoms with Crippen LogP contribution in [0.15, 0.2) is 21.1 Å². The minimum absolute atomic E-state index is 0.180. The van der Waals surface area contributed by atoms with E-state index < -0.39 is 0 Å². The third kappa shape index (κ3) is 4.00. The Bertz CT molecular complexity index is 398. The SMILES string of the molecule is COC(=O)C(C)CNc1c(Br)cc(C)cc1Br. The van der Waals surface area contributed by atoms with Gasteiger partial charge in [-0.3, -0.25) is 4.79 Å².